The summed E-state index contributed by atoms with van der Waals surface area (Å²) < 4.78 is 0. The molecule has 4 N–H and O–H groups in total. The first-order valence-electron chi connectivity index (χ1n) is 7.67. The van der Waals surface area contributed by atoms with Crippen LogP contribution in [0.5, 0.6) is 0 Å². The van der Waals surface area contributed by atoms with Crippen LogP contribution in [0.15, 0.2) is 54.6 Å². The Balaban J connectivity index is 2.05. The van der Waals surface area contributed by atoms with Crippen molar-refractivity contribution in [2.24, 2.45) is 5.73 Å². The molecule has 0 unspecified atom stereocenters. The zero-order valence-corrected chi connectivity index (χ0v) is 13.5. The van der Waals surface area contributed by atoms with Crippen molar-refractivity contribution in [3.05, 3.63) is 60.2 Å². The van der Waals surface area contributed by atoms with Crippen LogP contribution in [0.4, 0.5) is 11.4 Å². The lowest BCUT2D eigenvalue weighted by atomic mass is 10.1. The van der Waals surface area contributed by atoms with Crippen molar-refractivity contribution in [2.45, 2.75) is 6.42 Å². The number of nitrogens with two attached hydrogens (primary N) is 1. The van der Waals surface area contributed by atoms with Gasteiger partial charge >= 0.3 is 11.8 Å². The van der Waals surface area contributed by atoms with Crippen LogP contribution in [0.2, 0.25) is 0 Å². The quantitative estimate of drug-likeness (QED) is 0.671. The van der Waals surface area contributed by atoms with Crippen molar-refractivity contribution < 1.29 is 19.5 Å². The second kappa shape index (κ2) is 8.60. The van der Waals surface area contributed by atoms with E-state index in [-0.39, 0.29) is 25.5 Å². The molecule has 130 valence electrons. The van der Waals surface area contributed by atoms with Gasteiger partial charge in [0, 0.05) is 17.9 Å². The second-order valence-electron chi connectivity index (χ2n) is 5.30. The van der Waals surface area contributed by atoms with E-state index in [0.717, 1.165) is 5.56 Å². The summed E-state index contributed by atoms with van der Waals surface area (Å²) >= 11 is 0. The lowest BCUT2D eigenvalue weighted by Crippen LogP contribution is -2.34. The van der Waals surface area contributed by atoms with E-state index in [1.807, 2.05) is 18.2 Å². The molecule has 0 saturated carbocycles. The molecule has 0 bridgehead atoms. The Kier molecular flexibility index (Phi) is 6.25. The predicted octanol–water partition coefficient (Wildman–Crippen LogP) is 0.678. The molecule has 2 aromatic carbocycles. The Morgan fingerprint density at radius 2 is 1.64 bits per heavy atom. The standard InChI is InChI=1S/C18H19N3O4/c19-17(24)18(25)20-14-8-6-13(7-9-14)12-16(23)21(10-11-22)15-4-2-1-3-5-15/h1-9,22H,10-12H2,(H2,19,24)(H,20,25). The maximum Gasteiger partial charge on any atom is 0.313 e. The van der Waals surface area contributed by atoms with E-state index >= 15 is 0 Å². The number of aliphatic hydroxyl groups is 1. The van der Waals surface area contributed by atoms with Crippen molar-refractivity contribution in [3.8, 4) is 0 Å². The highest BCUT2D eigenvalue weighted by atomic mass is 16.3. The second-order valence-corrected chi connectivity index (χ2v) is 5.30. The van der Waals surface area contributed by atoms with E-state index < -0.39 is 11.8 Å². The normalized spacial score (nSPS) is 10.1. The lowest BCUT2D eigenvalue weighted by molar-refractivity contribution is -0.134. The number of carbonyl (C=O) groups is 3. The first-order chi connectivity index (χ1) is 12.0. The summed E-state index contributed by atoms with van der Waals surface area (Å²) in [5.41, 5.74) is 6.74. The highest BCUT2D eigenvalue weighted by Crippen LogP contribution is 2.16. The van der Waals surface area contributed by atoms with Crippen LogP contribution in [0.3, 0.4) is 0 Å². The number of anilines is 2. The van der Waals surface area contributed by atoms with E-state index in [9.17, 15) is 19.5 Å². The molecule has 2 aromatic rings. The summed E-state index contributed by atoms with van der Waals surface area (Å²) in [4.78, 5) is 36.0. The summed E-state index contributed by atoms with van der Waals surface area (Å²) in [5.74, 6) is -2.13. The van der Waals surface area contributed by atoms with Crippen molar-refractivity contribution >= 4 is 29.1 Å². The Bertz CT molecular complexity index is 745. The molecule has 0 aliphatic rings. The summed E-state index contributed by atoms with van der Waals surface area (Å²) in [6.45, 7) is 0.0638. The van der Waals surface area contributed by atoms with Gasteiger partial charge < -0.3 is 21.1 Å². The number of nitrogens with zero attached hydrogens (tertiary/aromatic N) is 1. The third-order valence-corrected chi connectivity index (χ3v) is 3.48. The summed E-state index contributed by atoms with van der Waals surface area (Å²) in [6, 6.07) is 15.6. The first-order valence-corrected chi connectivity index (χ1v) is 7.67. The topological polar surface area (TPSA) is 113 Å². The van der Waals surface area contributed by atoms with Crippen LogP contribution < -0.4 is 16.0 Å². The Hall–Kier alpha value is -3.19. The maximum atomic E-state index is 12.5. The minimum absolute atomic E-state index is 0.138. The number of aliphatic hydroxyl groups excluding tert-OH is 1. The maximum absolute atomic E-state index is 12.5. The number of nitrogens with one attached hydrogen (secondary N) is 1. The molecular weight excluding hydrogens is 322 g/mol. The molecule has 2 rings (SSSR count). The van der Waals surface area contributed by atoms with Crippen LogP contribution >= 0.6 is 0 Å². The smallest absolute Gasteiger partial charge is 0.313 e. The summed E-state index contributed by atoms with van der Waals surface area (Å²) in [6.07, 6.45) is 0.138. The van der Waals surface area contributed by atoms with Gasteiger partial charge in [0.2, 0.25) is 5.91 Å². The number of hydrogen-bond acceptors (Lipinski definition) is 4. The largest absolute Gasteiger partial charge is 0.395 e. The molecule has 3 amide bonds. The van der Waals surface area contributed by atoms with E-state index in [0.29, 0.717) is 11.4 Å². The molecule has 0 fully saturated rings. The molecule has 7 heteroatoms. The molecular formula is C18H19N3O4. The fourth-order valence-electron chi connectivity index (χ4n) is 2.27. The highest BCUT2D eigenvalue weighted by Gasteiger charge is 2.15. The van der Waals surface area contributed by atoms with Gasteiger partial charge in [0.15, 0.2) is 0 Å². The number of hydrogen-bond donors (Lipinski definition) is 3. The molecule has 0 radical (unpaired) electrons. The van der Waals surface area contributed by atoms with Gasteiger partial charge in [0.05, 0.1) is 13.0 Å². The summed E-state index contributed by atoms with van der Waals surface area (Å²) in [5, 5.41) is 11.6. The van der Waals surface area contributed by atoms with Crippen molar-refractivity contribution in [3.63, 3.8) is 0 Å². The highest BCUT2D eigenvalue weighted by molar-refractivity contribution is 6.39. The van der Waals surface area contributed by atoms with Crippen LogP contribution in [-0.2, 0) is 20.8 Å². The number of rotatable bonds is 6. The molecule has 0 atom stereocenters. The monoisotopic (exact) mass is 341 g/mol. The average Bonchev–Trinajstić information content (AvgIpc) is 2.61. The van der Waals surface area contributed by atoms with Crippen molar-refractivity contribution in [1.82, 2.24) is 0 Å². The molecule has 0 heterocycles. The van der Waals surface area contributed by atoms with Crippen molar-refractivity contribution in [1.29, 1.82) is 0 Å². The first kappa shape index (κ1) is 18.2. The summed E-state index contributed by atoms with van der Waals surface area (Å²) in [7, 11) is 0. The lowest BCUT2D eigenvalue weighted by Gasteiger charge is -2.22. The molecule has 0 aliphatic heterocycles. The third kappa shape index (κ3) is 5.15. The SMILES string of the molecule is NC(=O)C(=O)Nc1ccc(CC(=O)N(CCO)c2ccccc2)cc1. The Morgan fingerprint density at radius 3 is 2.20 bits per heavy atom. The van der Waals surface area contributed by atoms with Crippen LogP contribution in [0, 0.1) is 0 Å². The van der Waals surface area contributed by atoms with Gasteiger partial charge in [-0.05, 0) is 29.8 Å². The Morgan fingerprint density at radius 1 is 1.00 bits per heavy atom. The molecule has 0 aromatic heterocycles. The van der Waals surface area contributed by atoms with Crippen LogP contribution in [0.25, 0.3) is 0 Å². The van der Waals surface area contributed by atoms with Gasteiger partial charge in [-0.2, -0.15) is 0 Å². The van der Waals surface area contributed by atoms with Crippen LogP contribution in [-0.4, -0.2) is 36.0 Å². The minimum atomic E-state index is -1.07. The Labute approximate surface area is 145 Å². The van der Waals surface area contributed by atoms with E-state index in [2.05, 4.69) is 5.32 Å². The molecule has 0 aliphatic carbocycles. The molecule has 7 nitrogen and oxygen atoms in total. The van der Waals surface area contributed by atoms with E-state index in [1.54, 1.807) is 36.4 Å². The van der Waals surface area contributed by atoms with Gasteiger partial charge in [0.1, 0.15) is 0 Å². The zero-order valence-electron chi connectivity index (χ0n) is 13.5. The number of carbonyl (C=O) groups excluding carboxylic acids is 3. The number of para-hydroxylation sites is 1. The van der Waals surface area contributed by atoms with Gasteiger partial charge in [-0.3, -0.25) is 14.4 Å². The van der Waals surface area contributed by atoms with Crippen LogP contribution in [0.1, 0.15) is 5.56 Å². The van der Waals surface area contributed by atoms with Gasteiger partial charge in [-0.1, -0.05) is 30.3 Å². The third-order valence-electron chi connectivity index (χ3n) is 3.48. The fraction of sp³-hybridized carbons (Fsp3) is 0.167. The fourth-order valence-corrected chi connectivity index (χ4v) is 2.27. The van der Waals surface area contributed by atoms with Crippen molar-refractivity contribution in [2.75, 3.05) is 23.4 Å². The predicted molar refractivity (Wildman–Crippen MR) is 93.9 cm³/mol. The average molecular weight is 341 g/mol. The number of amides is 3. The van der Waals surface area contributed by atoms with Gasteiger partial charge in [-0.15, -0.1) is 0 Å². The minimum Gasteiger partial charge on any atom is -0.395 e. The number of benzene rings is 2. The van der Waals surface area contributed by atoms with E-state index in [4.69, 9.17) is 5.73 Å². The van der Waals surface area contributed by atoms with E-state index in [1.165, 1.54) is 4.90 Å². The van der Waals surface area contributed by atoms with Gasteiger partial charge in [0.25, 0.3) is 0 Å². The molecule has 0 spiro atoms. The zero-order chi connectivity index (χ0) is 18.2. The molecule has 0 saturated heterocycles. The van der Waals surface area contributed by atoms with Gasteiger partial charge in [-0.25, -0.2) is 0 Å². The number of primary amides is 1. The molecule has 25 heavy (non-hydrogen) atoms.